The normalized spacial score (nSPS) is 25.2. The molecule has 2 rings (SSSR count). The second-order valence-electron chi connectivity index (χ2n) is 7.91. The molecule has 1 unspecified atom stereocenters. The minimum Gasteiger partial charge on any atom is -0.325 e. The molecule has 1 aliphatic heterocycles. The van der Waals surface area contributed by atoms with Crippen LogP contribution in [0, 0.1) is 5.41 Å². The maximum Gasteiger partial charge on any atom is 0.244 e. The van der Waals surface area contributed by atoms with E-state index in [2.05, 4.69) is 37.9 Å². The van der Waals surface area contributed by atoms with E-state index in [-0.39, 0.29) is 17.1 Å². The molecule has 1 aliphatic carbocycles. The number of carbonyl (C=O) groups is 1. The number of nitrogens with zero attached hydrogens (tertiary/aromatic N) is 1. The minimum absolute atomic E-state index is 0.208. The number of hydrogen-bond acceptors (Lipinski definition) is 2. The summed E-state index contributed by atoms with van der Waals surface area (Å²) in [6, 6.07) is 0. The lowest BCUT2D eigenvalue weighted by Crippen LogP contribution is -2.45. The largest absolute Gasteiger partial charge is 0.325 e. The van der Waals surface area contributed by atoms with Crippen LogP contribution in [0.15, 0.2) is 0 Å². The first-order chi connectivity index (χ1) is 9.94. The molecule has 21 heavy (non-hydrogen) atoms. The first-order valence-corrected chi connectivity index (χ1v) is 9.03. The molecule has 3 heteroatoms. The first kappa shape index (κ1) is 16.8. The van der Waals surface area contributed by atoms with Crippen LogP contribution in [0.25, 0.3) is 0 Å². The van der Waals surface area contributed by atoms with Crippen LogP contribution in [0.3, 0.4) is 0 Å². The Labute approximate surface area is 130 Å². The smallest absolute Gasteiger partial charge is 0.244 e. The Bertz CT molecular complexity index is 358. The van der Waals surface area contributed by atoms with Crippen LogP contribution in [-0.4, -0.2) is 29.1 Å². The van der Waals surface area contributed by atoms with Crippen LogP contribution in [-0.2, 0) is 4.79 Å². The van der Waals surface area contributed by atoms with Gasteiger partial charge in [-0.2, -0.15) is 0 Å². The molecule has 0 aromatic heterocycles. The summed E-state index contributed by atoms with van der Waals surface area (Å²) in [4.78, 5) is 15.1. The van der Waals surface area contributed by atoms with Crippen molar-refractivity contribution in [3.63, 3.8) is 0 Å². The predicted octanol–water partition coefficient (Wildman–Crippen LogP) is 4.07. The molecule has 0 radical (unpaired) electrons. The Morgan fingerprint density at radius 1 is 1.24 bits per heavy atom. The van der Waals surface area contributed by atoms with Crippen molar-refractivity contribution in [1.82, 2.24) is 10.2 Å². The van der Waals surface area contributed by atoms with Gasteiger partial charge in [0, 0.05) is 6.54 Å². The van der Waals surface area contributed by atoms with Crippen molar-refractivity contribution >= 4 is 5.91 Å². The molecule has 1 saturated heterocycles. The van der Waals surface area contributed by atoms with Crippen LogP contribution >= 0.6 is 0 Å². The molecule has 3 nitrogen and oxygen atoms in total. The average molecular weight is 294 g/mol. The maximum absolute atomic E-state index is 13.0. The quantitative estimate of drug-likeness (QED) is 0.718. The number of nitrogens with one attached hydrogen (secondary N) is 1. The summed E-state index contributed by atoms with van der Waals surface area (Å²) >= 11 is 0. The third-order valence-corrected chi connectivity index (χ3v) is 5.39. The molecular formula is C18H34N2O. The van der Waals surface area contributed by atoms with Gasteiger partial charge in [-0.3, -0.25) is 10.1 Å². The molecule has 1 atom stereocenters. The zero-order valence-corrected chi connectivity index (χ0v) is 14.5. The third-order valence-electron chi connectivity index (χ3n) is 5.39. The highest BCUT2D eigenvalue weighted by atomic mass is 16.2. The second-order valence-corrected chi connectivity index (χ2v) is 7.91. The van der Waals surface area contributed by atoms with Crippen molar-refractivity contribution < 1.29 is 4.79 Å². The number of carbonyl (C=O) groups excluding carboxylic acids is 1. The van der Waals surface area contributed by atoms with Gasteiger partial charge in [-0.1, -0.05) is 59.8 Å². The van der Waals surface area contributed by atoms with Crippen molar-refractivity contribution in [3.05, 3.63) is 0 Å². The summed E-state index contributed by atoms with van der Waals surface area (Å²) in [6.45, 7) is 9.99. The number of rotatable bonds is 7. The summed E-state index contributed by atoms with van der Waals surface area (Å²) in [5, 5.41) is 3.68. The van der Waals surface area contributed by atoms with Crippen LogP contribution in [0.5, 0.6) is 0 Å². The summed E-state index contributed by atoms with van der Waals surface area (Å²) < 4.78 is 0. The van der Waals surface area contributed by atoms with Gasteiger partial charge in [0.05, 0.1) is 11.7 Å². The summed E-state index contributed by atoms with van der Waals surface area (Å²) in [5.41, 5.74) is 0.0181. The zero-order chi connectivity index (χ0) is 15.5. The molecule has 0 aromatic carbocycles. The van der Waals surface area contributed by atoms with Crippen molar-refractivity contribution in [1.29, 1.82) is 0 Å². The minimum atomic E-state index is -0.208. The SMILES string of the molecule is CCCCCC(C)(C)CN1C(=O)C2(CCCC2)NC1CC. The Morgan fingerprint density at radius 3 is 2.48 bits per heavy atom. The summed E-state index contributed by atoms with van der Waals surface area (Å²) in [7, 11) is 0. The Hall–Kier alpha value is -0.570. The van der Waals surface area contributed by atoms with Crippen molar-refractivity contribution in [2.75, 3.05) is 6.54 Å². The van der Waals surface area contributed by atoms with Gasteiger partial charge in [0.1, 0.15) is 0 Å². The van der Waals surface area contributed by atoms with Gasteiger partial charge >= 0.3 is 0 Å². The molecular weight excluding hydrogens is 260 g/mol. The molecule has 1 saturated carbocycles. The van der Waals surface area contributed by atoms with Gasteiger partial charge < -0.3 is 4.90 Å². The van der Waals surface area contributed by atoms with Gasteiger partial charge in [0.2, 0.25) is 5.91 Å². The molecule has 122 valence electrons. The Kier molecular flexibility index (Phi) is 5.34. The fourth-order valence-corrected chi connectivity index (χ4v) is 4.11. The maximum atomic E-state index is 13.0. The molecule has 0 bridgehead atoms. The lowest BCUT2D eigenvalue weighted by molar-refractivity contribution is -0.134. The van der Waals surface area contributed by atoms with E-state index in [1.807, 2.05) is 0 Å². The molecule has 2 aliphatic rings. The highest BCUT2D eigenvalue weighted by Gasteiger charge is 2.52. The van der Waals surface area contributed by atoms with E-state index in [0.717, 1.165) is 25.8 Å². The van der Waals surface area contributed by atoms with E-state index < -0.39 is 0 Å². The lowest BCUT2D eigenvalue weighted by atomic mass is 9.86. The molecule has 1 amide bonds. The van der Waals surface area contributed by atoms with E-state index in [1.165, 1.54) is 38.5 Å². The number of unbranched alkanes of at least 4 members (excludes halogenated alkanes) is 2. The zero-order valence-electron chi connectivity index (χ0n) is 14.5. The van der Waals surface area contributed by atoms with Gasteiger partial charge in [-0.15, -0.1) is 0 Å². The topological polar surface area (TPSA) is 32.3 Å². The van der Waals surface area contributed by atoms with E-state index in [9.17, 15) is 4.79 Å². The highest BCUT2D eigenvalue weighted by molar-refractivity contribution is 5.89. The van der Waals surface area contributed by atoms with E-state index in [1.54, 1.807) is 0 Å². The van der Waals surface area contributed by atoms with Gasteiger partial charge in [0.25, 0.3) is 0 Å². The molecule has 2 fully saturated rings. The fourth-order valence-electron chi connectivity index (χ4n) is 4.11. The van der Waals surface area contributed by atoms with Crippen molar-refractivity contribution in [2.45, 2.75) is 97.2 Å². The van der Waals surface area contributed by atoms with E-state index >= 15 is 0 Å². The van der Waals surface area contributed by atoms with Crippen molar-refractivity contribution in [2.24, 2.45) is 5.41 Å². The molecule has 1 heterocycles. The van der Waals surface area contributed by atoms with Crippen LogP contribution in [0.1, 0.15) is 85.5 Å². The number of amides is 1. The molecule has 0 aromatic rings. The lowest BCUT2D eigenvalue weighted by Gasteiger charge is -2.33. The van der Waals surface area contributed by atoms with Crippen LogP contribution in [0.2, 0.25) is 0 Å². The second kappa shape index (κ2) is 6.68. The third kappa shape index (κ3) is 3.61. The van der Waals surface area contributed by atoms with Gasteiger partial charge in [0.15, 0.2) is 0 Å². The van der Waals surface area contributed by atoms with Crippen LogP contribution < -0.4 is 5.32 Å². The Balaban J connectivity index is 2.01. The first-order valence-electron chi connectivity index (χ1n) is 9.03. The fraction of sp³-hybridized carbons (Fsp3) is 0.944. The van der Waals surface area contributed by atoms with Gasteiger partial charge in [-0.25, -0.2) is 0 Å². The molecule has 1 spiro atoms. The van der Waals surface area contributed by atoms with Crippen molar-refractivity contribution in [3.8, 4) is 0 Å². The Morgan fingerprint density at radius 2 is 1.90 bits per heavy atom. The summed E-state index contributed by atoms with van der Waals surface area (Å²) in [6.07, 6.45) is 10.8. The number of hydrogen-bond donors (Lipinski definition) is 1. The molecule has 1 N–H and O–H groups in total. The standard InChI is InChI=1S/C18H34N2O/c1-5-7-8-11-17(3,4)14-20-15(6-2)19-18(16(20)21)12-9-10-13-18/h15,19H,5-14H2,1-4H3. The highest BCUT2D eigenvalue weighted by Crippen LogP contribution is 2.38. The predicted molar refractivity (Wildman–Crippen MR) is 88.0 cm³/mol. The van der Waals surface area contributed by atoms with Crippen LogP contribution in [0.4, 0.5) is 0 Å². The van der Waals surface area contributed by atoms with E-state index in [4.69, 9.17) is 0 Å². The monoisotopic (exact) mass is 294 g/mol. The average Bonchev–Trinajstić information content (AvgIpc) is 3.00. The van der Waals surface area contributed by atoms with E-state index in [0.29, 0.717) is 5.91 Å². The summed E-state index contributed by atoms with van der Waals surface area (Å²) in [5.74, 6) is 0.385. The van der Waals surface area contributed by atoms with Gasteiger partial charge in [-0.05, 0) is 31.1 Å².